The van der Waals surface area contributed by atoms with Crippen molar-refractivity contribution in [2.24, 2.45) is 11.8 Å². The molecule has 0 aliphatic heterocycles. The third-order valence-electron chi connectivity index (χ3n) is 10.5. The van der Waals surface area contributed by atoms with Crippen LogP contribution in [-0.2, 0) is 0 Å². The van der Waals surface area contributed by atoms with E-state index in [1.807, 2.05) is 0 Å². The monoisotopic (exact) mass is 580 g/mol. The second-order valence-electron chi connectivity index (χ2n) is 13.0. The molecule has 2 aliphatic rings. The molecule has 7 aromatic rings. The van der Waals surface area contributed by atoms with Gasteiger partial charge in [-0.1, -0.05) is 97.4 Å². The molecular formula is C43H36N2. The molecule has 2 fully saturated rings. The molecule has 1 heterocycles. The first-order valence-electron chi connectivity index (χ1n) is 16.4. The summed E-state index contributed by atoms with van der Waals surface area (Å²) in [7, 11) is 0. The van der Waals surface area contributed by atoms with Gasteiger partial charge in [-0.05, 0) is 114 Å². The highest BCUT2D eigenvalue weighted by molar-refractivity contribution is 6.10. The standard InChI is InChI=1S/C43H36N2/c1-3-9-31(10-4-1)32-17-21-36(22-18-32)44(37-23-19-33(20-24-37)40-28-30-15-16-34(40)27-30)38-25-26-43-41(29-38)39-13-7-8-14-42(39)45(43)35-11-5-2-6-12-35/h1-14,17-26,29-30,34,40H,15-16,27-28H2. The van der Waals surface area contributed by atoms with E-state index < -0.39 is 0 Å². The van der Waals surface area contributed by atoms with E-state index in [4.69, 9.17) is 0 Å². The van der Waals surface area contributed by atoms with Crippen LogP contribution in [0, 0.1) is 11.8 Å². The summed E-state index contributed by atoms with van der Waals surface area (Å²) in [5.74, 6) is 2.56. The van der Waals surface area contributed by atoms with Crippen molar-refractivity contribution in [1.82, 2.24) is 4.57 Å². The minimum atomic E-state index is 0.733. The predicted octanol–water partition coefficient (Wildman–Crippen LogP) is 11.8. The second kappa shape index (κ2) is 10.8. The SMILES string of the molecule is c1ccc(-c2ccc(N(c3ccc(C4CC5CCC4C5)cc3)c3ccc4c(c3)c3ccccc3n4-c3ccccc3)cc2)cc1. The van der Waals surface area contributed by atoms with Crippen LogP contribution < -0.4 is 4.90 Å². The zero-order valence-electron chi connectivity index (χ0n) is 25.4. The number of hydrogen-bond acceptors (Lipinski definition) is 1. The second-order valence-corrected chi connectivity index (χ2v) is 13.0. The van der Waals surface area contributed by atoms with Crippen molar-refractivity contribution in [3.63, 3.8) is 0 Å². The number of benzene rings is 6. The number of nitrogens with zero attached hydrogens (tertiary/aromatic N) is 2. The van der Waals surface area contributed by atoms with Crippen molar-refractivity contribution >= 4 is 38.9 Å². The summed E-state index contributed by atoms with van der Waals surface area (Å²) in [5, 5.41) is 2.53. The first-order valence-corrected chi connectivity index (χ1v) is 16.4. The van der Waals surface area contributed by atoms with Crippen LogP contribution in [0.25, 0.3) is 38.6 Å². The third-order valence-corrected chi connectivity index (χ3v) is 10.5. The molecular weight excluding hydrogens is 544 g/mol. The molecule has 2 nitrogen and oxygen atoms in total. The third kappa shape index (κ3) is 4.56. The summed E-state index contributed by atoms with van der Waals surface area (Å²) in [6, 6.07) is 55.6. The van der Waals surface area contributed by atoms with E-state index in [0.29, 0.717) is 0 Å². The smallest absolute Gasteiger partial charge is 0.0542 e. The topological polar surface area (TPSA) is 8.17 Å². The molecule has 1 aromatic heterocycles. The minimum absolute atomic E-state index is 0.733. The molecule has 0 saturated heterocycles. The van der Waals surface area contributed by atoms with E-state index in [-0.39, 0.29) is 0 Å². The number of para-hydroxylation sites is 2. The zero-order valence-corrected chi connectivity index (χ0v) is 25.4. The number of anilines is 3. The van der Waals surface area contributed by atoms with E-state index in [2.05, 4.69) is 161 Å². The molecule has 0 spiro atoms. The van der Waals surface area contributed by atoms with E-state index in [1.165, 1.54) is 81.2 Å². The number of fused-ring (bicyclic) bond motifs is 5. The van der Waals surface area contributed by atoms with Gasteiger partial charge in [0.2, 0.25) is 0 Å². The maximum atomic E-state index is 2.42. The molecule has 0 radical (unpaired) electrons. The molecule has 45 heavy (non-hydrogen) atoms. The largest absolute Gasteiger partial charge is 0.310 e. The molecule has 218 valence electrons. The summed E-state index contributed by atoms with van der Waals surface area (Å²) >= 11 is 0. The Bertz CT molecular complexity index is 2110. The summed E-state index contributed by atoms with van der Waals surface area (Å²) in [6.45, 7) is 0. The van der Waals surface area contributed by atoms with Gasteiger partial charge >= 0.3 is 0 Å². The first kappa shape index (κ1) is 26.3. The summed E-state index contributed by atoms with van der Waals surface area (Å²) in [4.78, 5) is 2.42. The van der Waals surface area contributed by atoms with Crippen LogP contribution in [-0.4, -0.2) is 4.57 Å². The first-order chi connectivity index (χ1) is 22.3. The predicted molar refractivity (Wildman–Crippen MR) is 189 cm³/mol. The van der Waals surface area contributed by atoms with Crippen LogP contribution in [0.4, 0.5) is 17.1 Å². The molecule has 0 amide bonds. The van der Waals surface area contributed by atoms with Crippen LogP contribution >= 0.6 is 0 Å². The molecule has 3 atom stereocenters. The lowest BCUT2D eigenvalue weighted by atomic mass is 9.83. The summed E-state index contributed by atoms with van der Waals surface area (Å²) in [6.07, 6.45) is 5.66. The van der Waals surface area contributed by atoms with Crippen LogP contribution in [0.1, 0.15) is 37.2 Å². The van der Waals surface area contributed by atoms with Crippen LogP contribution in [0.15, 0.2) is 152 Å². The van der Waals surface area contributed by atoms with Crippen LogP contribution in [0.2, 0.25) is 0 Å². The number of hydrogen-bond donors (Lipinski definition) is 0. The van der Waals surface area contributed by atoms with Crippen molar-refractivity contribution in [1.29, 1.82) is 0 Å². The van der Waals surface area contributed by atoms with Gasteiger partial charge in [0, 0.05) is 33.5 Å². The average Bonchev–Trinajstić information content (AvgIpc) is 3.84. The fourth-order valence-electron chi connectivity index (χ4n) is 8.36. The fourth-order valence-corrected chi connectivity index (χ4v) is 8.36. The van der Waals surface area contributed by atoms with E-state index in [9.17, 15) is 0 Å². The van der Waals surface area contributed by atoms with Gasteiger partial charge in [-0.3, -0.25) is 0 Å². The molecule has 3 unspecified atom stereocenters. The van der Waals surface area contributed by atoms with Crippen LogP contribution in [0.3, 0.4) is 0 Å². The van der Waals surface area contributed by atoms with Crippen LogP contribution in [0.5, 0.6) is 0 Å². The van der Waals surface area contributed by atoms with Crippen molar-refractivity contribution in [2.45, 2.75) is 31.6 Å². The van der Waals surface area contributed by atoms with E-state index in [0.717, 1.165) is 23.4 Å². The van der Waals surface area contributed by atoms with Crippen molar-refractivity contribution in [3.8, 4) is 16.8 Å². The van der Waals surface area contributed by atoms with Gasteiger partial charge in [-0.15, -0.1) is 0 Å². The molecule has 0 N–H and O–H groups in total. The Balaban J connectivity index is 1.18. The van der Waals surface area contributed by atoms with Gasteiger partial charge in [0.25, 0.3) is 0 Å². The molecule has 2 saturated carbocycles. The lowest BCUT2D eigenvalue weighted by Crippen LogP contribution is -2.11. The number of rotatable bonds is 6. The van der Waals surface area contributed by atoms with Gasteiger partial charge in [0.15, 0.2) is 0 Å². The normalized spacial score (nSPS) is 19.0. The number of aromatic nitrogens is 1. The highest BCUT2D eigenvalue weighted by atomic mass is 15.1. The maximum Gasteiger partial charge on any atom is 0.0542 e. The zero-order chi connectivity index (χ0) is 29.7. The Morgan fingerprint density at radius 3 is 1.82 bits per heavy atom. The highest BCUT2D eigenvalue weighted by Crippen LogP contribution is 2.53. The quantitative estimate of drug-likeness (QED) is 0.190. The molecule has 9 rings (SSSR count). The van der Waals surface area contributed by atoms with E-state index >= 15 is 0 Å². The van der Waals surface area contributed by atoms with Crippen molar-refractivity contribution in [2.75, 3.05) is 4.90 Å². The van der Waals surface area contributed by atoms with Crippen molar-refractivity contribution < 1.29 is 0 Å². The van der Waals surface area contributed by atoms with Gasteiger partial charge in [0.1, 0.15) is 0 Å². The molecule has 2 bridgehead atoms. The Labute approximate surface area is 265 Å². The minimum Gasteiger partial charge on any atom is -0.310 e. The maximum absolute atomic E-state index is 2.42. The van der Waals surface area contributed by atoms with Crippen molar-refractivity contribution in [3.05, 3.63) is 157 Å². The lowest BCUT2D eigenvalue weighted by Gasteiger charge is -2.27. The van der Waals surface area contributed by atoms with E-state index in [1.54, 1.807) is 0 Å². The molecule has 2 aliphatic carbocycles. The Morgan fingerprint density at radius 1 is 0.489 bits per heavy atom. The fraction of sp³-hybridized carbons (Fsp3) is 0.163. The van der Waals surface area contributed by atoms with Gasteiger partial charge < -0.3 is 9.47 Å². The lowest BCUT2D eigenvalue weighted by molar-refractivity contribution is 0.420. The van der Waals surface area contributed by atoms with Gasteiger partial charge in [-0.25, -0.2) is 0 Å². The Hall–Kier alpha value is -5.08. The van der Waals surface area contributed by atoms with Gasteiger partial charge in [0.05, 0.1) is 11.0 Å². The highest BCUT2D eigenvalue weighted by Gasteiger charge is 2.40. The Kier molecular flexibility index (Phi) is 6.33. The Morgan fingerprint density at radius 2 is 1.11 bits per heavy atom. The molecule has 6 aromatic carbocycles. The summed E-state index contributed by atoms with van der Waals surface area (Å²) < 4.78 is 2.39. The average molecular weight is 581 g/mol. The summed E-state index contributed by atoms with van der Waals surface area (Å²) in [5.41, 5.74) is 11.1. The van der Waals surface area contributed by atoms with Gasteiger partial charge in [-0.2, -0.15) is 0 Å². The molecule has 2 heteroatoms.